The smallest absolute Gasteiger partial charge is 0.141 e. The number of nitrogens with zero attached hydrogens (tertiary/aromatic N) is 2. The molecule has 0 bridgehead atoms. The van der Waals surface area contributed by atoms with Crippen LogP contribution in [0.25, 0.3) is 22.0 Å². The van der Waals surface area contributed by atoms with Crippen molar-refractivity contribution in [1.82, 2.24) is 9.72 Å². The summed E-state index contributed by atoms with van der Waals surface area (Å²) in [5.74, 6) is -0.363. The van der Waals surface area contributed by atoms with Crippen molar-refractivity contribution < 1.29 is 13.3 Å². The Morgan fingerprint density at radius 2 is 1.73 bits per heavy atom. The Bertz CT molecular complexity index is 1080. The SMILES string of the molecule is Cc1noc(C)c1-c1ccc2c(C)cn(Cc3cc(F)cc(F)c3)c2c1. The molecular formula is C21H18F2N2O. The minimum absolute atomic E-state index is 0.393. The number of hydrogen-bond donors (Lipinski definition) is 0. The van der Waals surface area contributed by atoms with Gasteiger partial charge in [0.1, 0.15) is 17.4 Å². The molecule has 0 fully saturated rings. The summed E-state index contributed by atoms with van der Waals surface area (Å²) in [6.07, 6.45) is 2.00. The maximum atomic E-state index is 13.5. The van der Waals surface area contributed by atoms with Crippen molar-refractivity contribution in [3.05, 3.63) is 76.8 Å². The molecule has 0 atom stereocenters. The molecule has 5 heteroatoms. The first kappa shape index (κ1) is 16.5. The summed E-state index contributed by atoms with van der Waals surface area (Å²) in [5, 5.41) is 5.13. The van der Waals surface area contributed by atoms with Gasteiger partial charge in [-0.05, 0) is 55.7 Å². The van der Waals surface area contributed by atoms with Gasteiger partial charge in [0.2, 0.25) is 0 Å². The minimum atomic E-state index is -0.565. The zero-order valence-corrected chi connectivity index (χ0v) is 14.8. The maximum Gasteiger partial charge on any atom is 0.141 e. The van der Waals surface area contributed by atoms with Gasteiger partial charge in [-0.25, -0.2) is 8.78 Å². The molecule has 132 valence electrons. The van der Waals surface area contributed by atoms with E-state index >= 15 is 0 Å². The predicted molar refractivity (Wildman–Crippen MR) is 97.1 cm³/mol. The van der Waals surface area contributed by atoms with Crippen molar-refractivity contribution in [3.63, 3.8) is 0 Å². The highest BCUT2D eigenvalue weighted by Crippen LogP contribution is 2.31. The molecule has 4 aromatic rings. The molecule has 0 N–H and O–H groups in total. The Kier molecular flexibility index (Phi) is 3.87. The van der Waals surface area contributed by atoms with E-state index in [-0.39, 0.29) is 0 Å². The van der Waals surface area contributed by atoms with E-state index in [0.717, 1.165) is 45.1 Å². The van der Waals surface area contributed by atoms with Crippen molar-refractivity contribution in [2.75, 3.05) is 0 Å². The third kappa shape index (κ3) is 2.79. The fourth-order valence-electron chi connectivity index (χ4n) is 3.56. The summed E-state index contributed by atoms with van der Waals surface area (Å²) in [6.45, 7) is 6.22. The maximum absolute atomic E-state index is 13.5. The molecule has 0 aliphatic rings. The fourth-order valence-corrected chi connectivity index (χ4v) is 3.56. The lowest BCUT2D eigenvalue weighted by atomic mass is 10.0. The van der Waals surface area contributed by atoms with Crippen LogP contribution in [0.3, 0.4) is 0 Å². The average molecular weight is 352 g/mol. The van der Waals surface area contributed by atoms with Gasteiger partial charge in [0, 0.05) is 35.3 Å². The molecule has 26 heavy (non-hydrogen) atoms. The van der Waals surface area contributed by atoms with Crippen molar-refractivity contribution >= 4 is 10.9 Å². The van der Waals surface area contributed by atoms with Crippen LogP contribution in [-0.4, -0.2) is 9.72 Å². The highest BCUT2D eigenvalue weighted by molar-refractivity contribution is 5.88. The molecule has 0 radical (unpaired) electrons. The van der Waals surface area contributed by atoms with Crippen LogP contribution in [-0.2, 0) is 6.54 Å². The van der Waals surface area contributed by atoms with Crippen LogP contribution in [0.5, 0.6) is 0 Å². The number of rotatable bonds is 3. The highest BCUT2D eigenvalue weighted by Gasteiger charge is 2.14. The molecule has 2 aromatic carbocycles. The third-order valence-corrected chi connectivity index (χ3v) is 4.68. The van der Waals surface area contributed by atoms with Gasteiger partial charge < -0.3 is 9.09 Å². The van der Waals surface area contributed by atoms with Gasteiger partial charge in [0.05, 0.1) is 5.69 Å². The van der Waals surface area contributed by atoms with Gasteiger partial charge in [-0.2, -0.15) is 0 Å². The Hall–Kier alpha value is -2.95. The van der Waals surface area contributed by atoms with Gasteiger partial charge in [0.15, 0.2) is 0 Å². The number of fused-ring (bicyclic) bond motifs is 1. The molecule has 2 aromatic heterocycles. The number of benzene rings is 2. The molecule has 2 heterocycles. The van der Waals surface area contributed by atoms with Gasteiger partial charge in [0.25, 0.3) is 0 Å². The molecule has 0 unspecified atom stereocenters. The molecule has 4 rings (SSSR count). The first-order valence-electron chi connectivity index (χ1n) is 8.40. The van der Waals surface area contributed by atoms with Gasteiger partial charge in [-0.15, -0.1) is 0 Å². The summed E-state index contributed by atoms with van der Waals surface area (Å²) in [6, 6.07) is 9.80. The van der Waals surface area contributed by atoms with Crippen molar-refractivity contribution in [2.24, 2.45) is 0 Å². The second-order valence-corrected chi connectivity index (χ2v) is 6.65. The molecule has 0 spiro atoms. The van der Waals surface area contributed by atoms with E-state index < -0.39 is 11.6 Å². The molecule has 0 amide bonds. The van der Waals surface area contributed by atoms with Crippen LogP contribution >= 0.6 is 0 Å². The molecule has 0 aliphatic carbocycles. The standard InChI is InChI=1S/C21H18F2N2O/c1-12-10-25(11-15-6-17(22)9-18(23)7-15)20-8-16(4-5-19(12)20)21-13(2)24-26-14(21)3/h4-10H,11H2,1-3H3. The van der Waals surface area contributed by atoms with Crippen molar-refractivity contribution in [2.45, 2.75) is 27.3 Å². The molecular weight excluding hydrogens is 334 g/mol. The van der Waals surface area contributed by atoms with Crippen LogP contribution in [0, 0.1) is 32.4 Å². The summed E-state index contributed by atoms with van der Waals surface area (Å²) >= 11 is 0. The van der Waals surface area contributed by atoms with Crippen LogP contribution in [0.15, 0.2) is 47.1 Å². The number of aromatic nitrogens is 2. The zero-order chi connectivity index (χ0) is 18.4. The summed E-state index contributed by atoms with van der Waals surface area (Å²) in [5.41, 5.74) is 5.53. The van der Waals surface area contributed by atoms with Gasteiger partial charge >= 0.3 is 0 Å². The molecule has 0 saturated carbocycles. The van der Waals surface area contributed by atoms with Crippen LogP contribution < -0.4 is 0 Å². The second kappa shape index (κ2) is 6.09. The lowest BCUT2D eigenvalue weighted by Gasteiger charge is -2.08. The topological polar surface area (TPSA) is 31.0 Å². The molecule has 0 aliphatic heterocycles. The zero-order valence-electron chi connectivity index (χ0n) is 14.8. The lowest BCUT2D eigenvalue weighted by molar-refractivity contribution is 0.393. The molecule has 3 nitrogen and oxygen atoms in total. The van der Waals surface area contributed by atoms with Crippen LogP contribution in [0.4, 0.5) is 8.78 Å². The Labute approximate surface area is 149 Å². The van der Waals surface area contributed by atoms with E-state index in [2.05, 4.69) is 17.3 Å². The van der Waals surface area contributed by atoms with E-state index in [1.54, 1.807) is 0 Å². The Morgan fingerprint density at radius 3 is 2.38 bits per heavy atom. The Balaban J connectivity index is 1.84. The van der Waals surface area contributed by atoms with Gasteiger partial charge in [-0.3, -0.25) is 0 Å². The third-order valence-electron chi connectivity index (χ3n) is 4.68. The number of aryl methyl sites for hydroxylation is 3. The minimum Gasteiger partial charge on any atom is -0.361 e. The van der Waals surface area contributed by atoms with E-state index in [9.17, 15) is 8.78 Å². The average Bonchev–Trinajstić information content (AvgIpc) is 3.06. The number of halogens is 2. The quantitative estimate of drug-likeness (QED) is 0.484. The van der Waals surface area contributed by atoms with Crippen LogP contribution in [0.1, 0.15) is 22.6 Å². The second-order valence-electron chi connectivity index (χ2n) is 6.65. The normalized spacial score (nSPS) is 11.4. The van der Waals surface area contributed by atoms with E-state index in [1.807, 2.05) is 37.6 Å². The summed E-state index contributed by atoms with van der Waals surface area (Å²) in [4.78, 5) is 0. The summed E-state index contributed by atoms with van der Waals surface area (Å²) < 4.78 is 34.3. The first-order valence-corrected chi connectivity index (χ1v) is 8.40. The summed E-state index contributed by atoms with van der Waals surface area (Å²) in [7, 11) is 0. The predicted octanol–water partition coefficient (Wildman–Crippen LogP) is 5.55. The first-order chi connectivity index (χ1) is 12.4. The lowest BCUT2D eigenvalue weighted by Crippen LogP contribution is -1.99. The largest absolute Gasteiger partial charge is 0.361 e. The van der Waals surface area contributed by atoms with Gasteiger partial charge in [-0.1, -0.05) is 17.3 Å². The van der Waals surface area contributed by atoms with Crippen LogP contribution in [0.2, 0.25) is 0 Å². The van der Waals surface area contributed by atoms with E-state index in [1.165, 1.54) is 12.1 Å². The molecule has 0 saturated heterocycles. The Morgan fingerprint density at radius 1 is 1.00 bits per heavy atom. The van der Waals surface area contributed by atoms with Crippen molar-refractivity contribution in [3.8, 4) is 11.1 Å². The fraction of sp³-hybridized carbons (Fsp3) is 0.190. The van der Waals surface area contributed by atoms with E-state index in [4.69, 9.17) is 4.52 Å². The monoisotopic (exact) mass is 352 g/mol. The highest BCUT2D eigenvalue weighted by atomic mass is 19.1. The van der Waals surface area contributed by atoms with E-state index in [0.29, 0.717) is 12.1 Å². The number of hydrogen-bond acceptors (Lipinski definition) is 2. The van der Waals surface area contributed by atoms with Crippen molar-refractivity contribution in [1.29, 1.82) is 0 Å².